The molecule has 0 rings (SSSR count). The SMILES string of the molecule is CCC(C)CCCCCCCCC(=O)O[C@H](COC(=O)CCCCCCCCCCCC(C)C)COP(=O)(O)OCC(O)COP(=O)(O)OC[C@@H](COC(=O)CCCCCCCCCC(C)C)OC(=O)CCCCCCCCCCC(C)C. The minimum Gasteiger partial charge on any atom is -0.462 e. The van der Waals surface area contributed by atoms with Crippen LogP contribution in [0.2, 0.25) is 0 Å². The first-order chi connectivity index (χ1) is 39.6. The largest absolute Gasteiger partial charge is 0.472 e. The maximum atomic E-state index is 13.0. The molecule has 0 spiro atoms. The van der Waals surface area contributed by atoms with Crippen molar-refractivity contribution in [2.45, 2.75) is 324 Å². The molecule has 19 heteroatoms. The van der Waals surface area contributed by atoms with Crippen LogP contribution in [0.25, 0.3) is 0 Å². The lowest BCUT2D eigenvalue weighted by Crippen LogP contribution is -2.30. The van der Waals surface area contributed by atoms with Crippen LogP contribution < -0.4 is 0 Å². The molecule has 0 radical (unpaired) electrons. The van der Waals surface area contributed by atoms with Crippen LogP contribution in [0.15, 0.2) is 0 Å². The fraction of sp³-hybridized carbons (Fsp3) is 0.938. The number of rotatable bonds is 61. The van der Waals surface area contributed by atoms with Gasteiger partial charge in [-0.15, -0.1) is 0 Å². The number of ether oxygens (including phenoxy) is 4. The predicted octanol–water partition coefficient (Wildman–Crippen LogP) is 17.4. The second-order valence-corrected chi connectivity index (χ2v) is 27.7. The Hall–Kier alpha value is -1.94. The number of aliphatic hydroxyl groups is 1. The van der Waals surface area contributed by atoms with E-state index >= 15 is 0 Å². The Kier molecular flexibility index (Phi) is 53.0. The minimum absolute atomic E-state index is 0.102. The van der Waals surface area contributed by atoms with Crippen molar-refractivity contribution in [3.63, 3.8) is 0 Å². The molecule has 0 aromatic carbocycles. The summed E-state index contributed by atoms with van der Waals surface area (Å²) in [6.07, 6.45) is 33.6. The zero-order valence-corrected chi connectivity index (χ0v) is 55.6. The number of phosphoric acid groups is 2. The monoisotopic (exact) mass is 1230 g/mol. The zero-order valence-electron chi connectivity index (χ0n) is 53.8. The molecule has 83 heavy (non-hydrogen) atoms. The van der Waals surface area contributed by atoms with Gasteiger partial charge in [0.2, 0.25) is 0 Å². The summed E-state index contributed by atoms with van der Waals surface area (Å²) in [7, 11) is -9.89. The molecule has 492 valence electrons. The molecular weight excluding hydrogens is 1100 g/mol. The average molecular weight is 1230 g/mol. The summed E-state index contributed by atoms with van der Waals surface area (Å²) in [4.78, 5) is 72.2. The van der Waals surface area contributed by atoms with Crippen LogP contribution >= 0.6 is 15.6 Å². The molecule has 4 unspecified atom stereocenters. The molecule has 0 aliphatic heterocycles. The smallest absolute Gasteiger partial charge is 0.462 e. The van der Waals surface area contributed by atoms with Crippen LogP contribution in [0.4, 0.5) is 0 Å². The van der Waals surface area contributed by atoms with Gasteiger partial charge in [0.05, 0.1) is 26.4 Å². The van der Waals surface area contributed by atoms with Gasteiger partial charge in [-0.25, -0.2) is 9.13 Å². The lowest BCUT2D eigenvalue weighted by Gasteiger charge is -2.21. The van der Waals surface area contributed by atoms with Crippen LogP contribution in [0.5, 0.6) is 0 Å². The molecule has 6 atom stereocenters. The number of carbonyl (C=O) groups is 4. The summed E-state index contributed by atoms with van der Waals surface area (Å²) in [5.74, 6) is 0.745. The molecule has 0 fully saturated rings. The van der Waals surface area contributed by atoms with Crippen molar-refractivity contribution in [2.24, 2.45) is 23.7 Å². The molecule has 0 aromatic heterocycles. The van der Waals surface area contributed by atoms with Gasteiger partial charge in [0, 0.05) is 25.7 Å². The molecule has 0 aliphatic carbocycles. The van der Waals surface area contributed by atoms with Crippen LogP contribution in [0, 0.1) is 23.7 Å². The van der Waals surface area contributed by atoms with Gasteiger partial charge in [0.25, 0.3) is 0 Å². The highest BCUT2D eigenvalue weighted by atomic mass is 31.2. The molecule has 3 N–H and O–H groups in total. The third-order valence-electron chi connectivity index (χ3n) is 14.9. The highest BCUT2D eigenvalue weighted by Crippen LogP contribution is 2.45. The van der Waals surface area contributed by atoms with Crippen molar-refractivity contribution in [1.29, 1.82) is 0 Å². The summed E-state index contributed by atoms with van der Waals surface area (Å²) in [5.41, 5.74) is 0. The molecular formula is C64H124O17P2. The first-order valence-corrected chi connectivity index (χ1v) is 36.2. The van der Waals surface area contributed by atoms with E-state index < -0.39 is 97.5 Å². The fourth-order valence-electron chi connectivity index (χ4n) is 9.40. The Morgan fingerprint density at radius 3 is 0.855 bits per heavy atom. The second-order valence-electron chi connectivity index (χ2n) is 24.8. The third-order valence-corrected chi connectivity index (χ3v) is 16.8. The number of hydrogen-bond donors (Lipinski definition) is 3. The van der Waals surface area contributed by atoms with E-state index in [9.17, 15) is 43.2 Å². The Morgan fingerprint density at radius 2 is 0.578 bits per heavy atom. The first kappa shape index (κ1) is 81.1. The summed E-state index contributed by atoms with van der Waals surface area (Å²) in [5, 5.41) is 10.5. The molecule has 0 aromatic rings. The first-order valence-electron chi connectivity index (χ1n) is 33.2. The predicted molar refractivity (Wildman–Crippen MR) is 331 cm³/mol. The summed E-state index contributed by atoms with van der Waals surface area (Å²) in [6, 6.07) is 0. The third kappa shape index (κ3) is 57.6. The van der Waals surface area contributed by atoms with Gasteiger partial charge in [-0.05, 0) is 49.4 Å². The van der Waals surface area contributed by atoms with Crippen molar-refractivity contribution in [3.05, 3.63) is 0 Å². The van der Waals surface area contributed by atoms with E-state index in [1.807, 2.05) is 0 Å². The van der Waals surface area contributed by atoms with Crippen molar-refractivity contribution in [2.75, 3.05) is 39.6 Å². The number of carbonyl (C=O) groups excluding carboxylic acids is 4. The summed E-state index contributed by atoms with van der Waals surface area (Å²) in [6.45, 7) is 13.9. The van der Waals surface area contributed by atoms with Gasteiger partial charge in [0.1, 0.15) is 19.3 Å². The van der Waals surface area contributed by atoms with Gasteiger partial charge in [-0.2, -0.15) is 0 Å². The number of unbranched alkanes of at least 4 members (excludes halogenated alkanes) is 26. The van der Waals surface area contributed by atoms with E-state index in [2.05, 4.69) is 55.4 Å². The van der Waals surface area contributed by atoms with Crippen LogP contribution in [0.1, 0.15) is 306 Å². The van der Waals surface area contributed by atoms with Crippen LogP contribution in [-0.4, -0.2) is 96.7 Å². The van der Waals surface area contributed by atoms with E-state index in [0.717, 1.165) is 114 Å². The fourth-order valence-corrected chi connectivity index (χ4v) is 11.0. The molecule has 0 bridgehead atoms. The van der Waals surface area contributed by atoms with Gasteiger partial charge >= 0.3 is 39.5 Å². The normalized spacial score (nSPS) is 14.8. The maximum Gasteiger partial charge on any atom is 0.472 e. The van der Waals surface area contributed by atoms with Crippen LogP contribution in [-0.2, 0) is 65.4 Å². The van der Waals surface area contributed by atoms with Crippen molar-refractivity contribution >= 4 is 39.5 Å². The zero-order chi connectivity index (χ0) is 61.8. The lowest BCUT2D eigenvalue weighted by molar-refractivity contribution is -0.161. The Balaban J connectivity index is 5.26. The topological polar surface area (TPSA) is 237 Å². The van der Waals surface area contributed by atoms with Crippen molar-refractivity contribution in [3.8, 4) is 0 Å². The second kappa shape index (κ2) is 54.2. The van der Waals surface area contributed by atoms with Gasteiger partial charge in [0.15, 0.2) is 12.2 Å². The van der Waals surface area contributed by atoms with E-state index in [0.29, 0.717) is 31.6 Å². The molecule has 0 amide bonds. The molecule has 0 heterocycles. The highest BCUT2D eigenvalue weighted by Gasteiger charge is 2.30. The molecule has 17 nitrogen and oxygen atoms in total. The lowest BCUT2D eigenvalue weighted by atomic mass is 10.00. The average Bonchev–Trinajstić information content (AvgIpc) is 3.43. The number of aliphatic hydroxyl groups excluding tert-OH is 1. The molecule has 0 saturated carbocycles. The minimum atomic E-state index is -4.95. The van der Waals surface area contributed by atoms with Gasteiger partial charge in [-0.3, -0.25) is 37.3 Å². The van der Waals surface area contributed by atoms with E-state index in [1.165, 1.54) is 103 Å². The number of esters is 4. The molecule has 0 saturated heterocycles. The Morgan fingerprint density at radius 1 is 0.337 bits per heavy atom. The van der Waals surface area contributed by atoms with Gasteiger partial charge < -0.3 is 33.8 Å². The standard InChI is InChI=1S/C64H124O17P2/c1-9-57(8)43-35-27-22-23-31-39-47-64(69)81-60(51-74-61(66)44-36-28-19-12-10-11-16-24-32-40-54(2)3)53-79-83(72,73)77-49-58(65)48-76-82(70,71)78-52-59(50-75-62(67)45-37-29-21-15-18-26-34-42-56(6)7)80-63(68)46-38-30-20-14-13-17-25-33-41-55(4)5/h54-60,65H,9-53H2,1-8H3,(H,70,71)(H,72,73)/t57?,58?,59-,60-/m1/s1. The number of hydrogen-bond acceptors (Lipinski definition) is 15. The molecule has 0 aliphatic rings. The van der Waals surface area contributed by atoms with Crippen molar-refractivity contribution in [1.82, 2.24) is 0 Å². The van der Waals surface area contributed by atoms with E-state index in [4.69, 9.17) is 37.0 Å². The maximum absolute atomic E-state index is 13.0. The van der Waals surface area contributed by atoms with E-state index in [1.54, 1.807) is 0 Å². The number of phosphoric ester groups is 2. The Bertz CT molecular complexity index is 1660. The van der Waals surface area contributed by atoms with Crippen molar-refractivity contribution < 1.29 is 80.2 Å². The highest BCUT2D eigenvalue weighted by molar-refractivity contribution is 7.47. The summed E-state index contributed by atoms with van der Waals surface area (Å²) >= 11 is 0. The quantitative estimate of drug-likeness (QED) is 0.0222. The van der Waals surface area contributed by atoms with Gasteiger partial charge in [-0.1, -0.05) is 254 Å². The van der Waals surface area contributed by atoms with E-state index in [-0.39, 0.29) is 25.7 Å². The van der Waals surface area contributed by atoms with Crippen LogP contribution in [0.3, 0.4) is 0 Å². The summed E-state index contributed by atoms with van der Waals surface area (Å²) < 4.78 is 68.0. The Labute approximate surface area is 505 Å².